The van der Waals surface area contributed by atoms with Crippen LogP contribution in [0.15, 0.2) is 24.3 Å². The quantitative estimate of drug-likeness (QED) is 0.794. The zero-order valence-corrected chi connectivity index (χ0v) is 12.2. The minimum Gasteiger partial charge on any atom is -0.494 e. The number of rotatable bonds is 7. The lowest BCUT2D eigenvalue weighted by Crippen LogP contribution is -2.37. The van der Waals surface area contributed by atoms with Crippen LogP contribution in [0.1, 0.15) is 39.3 Å². The van der Waals surface area contributed by atoms with Gasteiger partial charge in [0, 0.05) is 6.04 Å². The Bertz CT molecular complexity index is 388. The number of ether oxygens (including phenoxy) is 1. The largest absolute Gasteiger partial charge is 0.494 e. The molecule has 0 bridgehead atoms. The van der Waals surface area contributed by atoms with Gasteiger partial charge in [-0.05, 0) is 31.5 Å². The molecule has 0 radical (unpaired) electrons. The van der Waals surface area contributed by atoms with Crippen LogP contribution in [-0.2, 0) is 4.79 Å². The van der Waals surface area contributed by atoms with Crippen LogP contribution in [0, 0.1) is 0 Å². The molecule has 1 amide bonds. The molecule has 0 spiro atoms. The van der Waals surface area contributed by atoms with E-state index in [0.29, 0.717) is 19.2 Å². The highest BCUT2D eigenvalue weighted by Crippen LogP contribution is 2.17. The van der Waals surface area contributed by atoms with Gasteiger partial charge < -0.3 is 15.4 Å². The van der Waals surface area contributed by atoms with Gasteiger partial charge in [-0.25, -0.2) is 0 Å². The molecule has 0 fully saturated rings. The van der Waals surface area contributed by atoms with Gasteiger partial charge in [0.2, 0.25) is 5.91 Å². The first-order valence-electron chi connectivity index (χ1n) is 6.78. The van der Waals surface area contributed by atoms with E-state index in [1.54, 1.807) is 0 Å². The first-order chi connectivity index (χ1) is 9.02. The molecule has 0 saturated heterocycles. The fraction of sp³-hybridized carbons (Fsp3) is 0.533. The van der Waals surface area contributed by atoms with Gasteiger partial charge in [0.25, 0.3) is 0 Å². The number of carbonyl (C=O) groups is 1. The number of benzene rings is 1. The van der Waals surface area contributed by atoms with Gasteiger partial charge in [-0.15, -0.1) is 0 Å². The Morgan fingerprint density at radius 1 is 1.21 bits per heavy atom. The van der Waals surface area contributed by atoms with E-state index in [-0.39, 0.29) is 11.9 Å². The Hall–Kier alpha value is -1.55. The van der Waals surface area contributed by atoms with Crippen LogP contribution >= 0.6 is 0 Å². The third-order valence-corrected chi connectivity index (χ3v) is 2.74. The van der Waals surface area contributed by atoms with E-state index in [1.165, 1.54) is 0 Å². The molecular weight excluding hydrogens is 240 g/mol. The molecule has 4 heteroatoms. The predicted octanol–water partition coefficient (Wildman–Crippen LogP) is 2.26. The van der Waals surface area contributed by atoms with Crippen LogP contribution in [0.25, 0.3) is 0 Å². The van der Waals surface area contributed by atoms with E-state index in [2.05, 4.69) is 10.6 Å². The fourth-order valence-corrected chi connectivity index (χ4v) is 1.69. The first-order valence-corrected chi connectivity index (χ1v) is 6.78. The van der Waals surface area contributed by atoms with Crippen molar-refractivity contribution in [2.45, 2.75) is 39.8 Å². The van der Waals surface area contributed by atoms with Crippen molar-refractivity contribution in [3.63, 3.8) is 0 Å². The zero-order chi connectivity index (χ0) is 14.3. The first kappa shape index (κ1) is 15.5. The summed E-state index contributed by atoms with van der Waals surface area (Å²) < 4.78 is 5.39. The smallest absolute Gasteiger partial charge is 0.234 e. The number of carbonyl (C=O) groups excluding carboxylic acids is 1. The normalized spacial score (nSPS) is 12.3. The summed E-state index contributed by atoms with van der Waals surface area (Å²) in [5.41, 5.74) is 1.07. The lowest BCUT2D eigenvalue weighted by atomic mass is 10.1. The standard InChI is InChI=1S/C15H24N2O2/c1-5-19-14-8-6-13(7-9-14)12(4)17-15(18)10-16-11(2)3/h6-9,11-12,16H,5,10H2,1-4H3,(H,17,18). The molecule has 106 valence electrons. The number of hydrogen-bond donors (Lipinski definition) is 2. The summed E-state index contributed by atoms with van der Waals surface area (Å²) in [7, 11) is 0. The van der Waals surface area contributed by atoms with Crippen molar-refractivity contribution in [3.05, 3.63) is 29.8 Å². The van der Waals surface area contributed by atoms with Crippen molar-refractivity contribution in [1.82, 2.24) is 10.6 Å². The molecule has 0 saturated carbocycles. The maximum atomic E-state index is 11.7. The molecule has 4 nitrogen and oxygen atoms in total. The number of amides is 1. The van der Waals surface area contributed by atoms with Crippen molar-refractivity contribution < 1.29 is 9.53 Å². The van der Waals surface area contributed by atoms with Gasteiger partial charge in [-0.2, -0.15) is 0 Å². The Morgan fingerprint density at radius 3 is 2.37 bits per heavy atom. The molecule has 1 unspecified atom stereocenters. The Balaban J connectivity index is 2.48. The summed E-state index contributed by atoms with van der Waals surface area (Å²) in [6, 6.07) is 8.11. The van der Waals surface area contributed by atoms with Gasteiger partial charge in [0.05, 0.1) is 19.2 Å². The van der Waals surface area contributed by atoms with Crippen molar-refractivity contribution >= 4 is 5.91 Å². The summed E-state index contributed by atoms with van der Waals surface area (Å²) in [6.45, 7) is 8.97. The average molecular weight is 264 g/mol. The Kier molecular flexibility index (Phi) is 6.36. The summed E-state index contributed by atoms with van der Waals surface area (Å²) >= 11 is 0. The monoisotopic (exact) mass is 264 g/mol. The predicted molar refractivity (Wildman–Crippen MR) is 77.3 cm³/mol. The number of hydrogen-bond acceptors (Lipinski definition) is 3. The van der Waals surface area contributed by atoms with Crippen LogP contribution in [0.5, 0.6) is 5.75 Å². The van der Waals surface area contributed by atoms with Crippen molar-refractivity contribution in [3.8, 4) is 5.75 Å². The fourth-order valence-electron chi connectivity index (χ4n) is 1.69. The van der Waals surface area contributed by atoms with Gasteiger partial charge in [-0.1, -0.05) is 26.0 Å². The second-order valence-electron chi connectivity index (χ2n) is 4.83. The highest BCUT2D eigenvalue weighted by Gasteiger charge is 2.09. The SMILES string of the molecule is CCOc1ccc(C(C)NC(=O)CNC(C)C)cc1. The third kappa shape index (κ3) is 5.75. The summed E-state index contributed by atoms with van der Waals surface area (Å²) in [5.74, 6) is 0.862. The summed E-state index contributed by atoms with van der Waals surface area (Å²) in [4.78, 5) is 11.7. The second-order valence-corrected chi connectivity index (χ2v) is 4.83. The molecular formula is C15H24N2O2. The lowest BCUT2D eigenvalue weighted by molar-refractivity contribution is -0.121. The molecule has 1 aromatic rings. The molecule has 0 aliphatic carbocycles. The maximum absolute atomic E-state index is 11.7. The molecule has 0 aliphatic heterocycles. The highest BCUT2D eigenvalue weighted by atomic mass is 16.5. The minimum absolute atomic E-state index is 0.00265. The average Bonchev–Trinajstić information content (AvgIpc) is 2.37. The van der Waals surface area contributed by atoms with E-state index in [0.717, 1.165) is 11.3 Å². The molecule has 19 heavy (non-hydrogen) atoms. The van der Waals surface area contributed by atoms with Gasteiger partial charge in [0.1, 0.15) is 5.75 Å². The summed E-state index contributed by atoms with van der Waals surface area (Å²) in [5, 5.41) is 6.06. The molecule has 0 heterocycles. The number of nitrogens with one attached hydrogen (secondary N) is 2. The maximum Gasteiger partial charge on any atom is 0.234 e. The van der Waals surface area contributed by atoms with Gasteiger partial charge >= 0.3 is 0 Å². The van der Waals surface area contributed by atoms with Crippen LogP contribution in [0.3, 0.4) is 0 Å². The van der Waals surface area contributed by atoms with Crippen LogP contribution < -0.4 is 15.4 Å². The molecule has 0 aromatic heterocycles. The molecule has 1 aromatic carbocycles. The Labute approximate surface area is 115 Å². The van der Waals surface area contributed by atoms with Crippen LogP contribution in [-0.4, -0.2) is 25.1 Å². The van der Waals surface area contributed by atoms with E-state index in [1.807, 2.05) is 52.0 Å². The van der Waals surface area contributed by atoms with E-state index >= 15 is 0 Å². The zero-order valence-electron chi connectivity index (χ0n) is 12.2. The lowest BCUT2D eigenvalue weighted by Gasteiger charge is -2.16. The Morgan fingerprint density at radius 2 is 1.84 bits per heavy atom. The highest BCUT2D eigenvalue weighted by molar-refractivity contribution is 5.78. The topological polar surface area (TPSA) is 50.4 Å². The van der Waals surface area contributed by atoms with E-state index < -0.39 is 0 Å². The second kappa shape index (κ2) is 7.79. The van der Waals surface area contributed by atoms with Crippen LogP contribution in [0.2, 0.25) is 0 Å². The van der Waals surface area contributed by atoms with Crippen molar-refractivity contribution in [1.29, 1.82) is 0 Å². The molecule has 1 atom stereocenters. The van der Waals surface area contributed by atoms with Crippen molar-refractivity contribution in [2.75, 3.05) is 13.2 Å². The van der Waals surface area contributed by atoms with E-state index in [4.69, 9.17) is 4.74 Å². The van der Waals surface area contributed by atoms with Gasteiger partial charge in [-0.3, -0.25) is 4.79 Å². The molecule has 1 rings (SSSR count). The van der Waals surface area contributed by atoms with Crippen molar-refractivity contribution in [2.24, 2.45) is 0 Å². The summed E-state index contributed by atoms with van der Waals surface area (Å²) in [6.07, 6.45) is 0. The third-order valence-electron chi connectivity index (χ3n) is 2.74. The minimum atomic E-state index is -0.00265. The molecule has 0 aliphatic rings. The van der Waals surface area contributed by atoms with Gasteiger partial charge in [0.15, 0.2) is 0 Å². The van der Waals surface area contributed by atoms with E-state index in [9.17, 15) is 4.79 Å². The van der Waals surface area contributed by atoms with Crippen LogP contribution in [0.4, 0.5) is 0 Å². The molecule has 2 N–H and O–H groups in total.